The first kappa shape index (κ1) is 35.8. The van der Waals surface area contributed by atoms with Crippen LogP contribution in [0.15, 0.2) is 24.3 Å². The largest absolute Gasteiger partial charge is 0.500 e. The fourth-order valence-electron chi connectivity index (χ4n) is 4.26. The summed E-state index contributed by atoms with van der Waals surface area (Å²) in [6.45, 7) is 16.4. The molecule has 0 aliphatic rings. The summed E-state index contributed by atoms with van der Waals surface area (Å²) in [5.41, 5.74) is 0.0853. The normalized spacial score (nSPS) is 11.5. The van der Waals surface area contributed by atoms with Crippen molar-refractivity contribution in [1.29, 1.82) is 10.5 Å². The smallest absolute Gasteiger partial charge is 0.374 e. The summed E-state index contributed by atoms with van der Waals surface area (Å²) in [6, 6.07) is 12.7. The molecule has 1 aromatic carbocycles. The second kappa shape index (κ2) is 20.6. The van der Waals surface area contributed by atoms with Crippen molar-refractivity contribution < 1.29 is 26.6 Å². The Hall–Kier alpha value is -2.27. The fraction of sp³-hybridized carbons (Fsp3) is 0.643. The third-order valence-corrected chi connectivity index (χ3v) is 12.1. The van der Waals surface area contributed by atoms with Crippen molar-refractivity contribution in [1.82, 2.24) is 10.6 Å². The molecule has 0 amide bonds. The number of nitriles is 2. The van der Waals surface area contributed by atoms with Crippen molar-refractivity contribution in [2.45, 2.75) is 66.5 Å². The fourth-order valence-corrected chi connectivity index (χ4v) is 9.49. The van der Waals surface area contributed by atoms with Gasteiger partial charge in [0.1, 0.15) is 23.5 Å². The van der Waals surface area contributed by atoms with Gasteiger partial charge in [0.15, 0.2) is 0 Å². The maximum atomic E-state index is 9.21. The van der Waals surface area contributed by atoms with E-state index in [0.29, 0.717) is 70.0 Å². The van der Waals surface area contributed by atoms with Crippen LogP contribution in [0.5, 0.6) is 0 Å². The van der Waals surface area contributed by atoms with E-state index in [9.17, 15) is 10.5 Å². The quantitative estimate of drug-likeness (QED) is 0.153. The summed E-state index contributed by atoms with van der Waals surface area (Å²) < 4.78 is 35.9. The van der Waals surface area contributed by atoms with Crippen molar-refractivity contribution in [3.05, 3.63) is 34.7 Å². The van der Waals surface area contributed by atoms with Gasteiger partial charge in [0, 0.05) is 75.3 Å². The van der Waals surface area contributed by atoms with Crippen molar-refractivity contribution in [2.24, 2.45) is 0 Å². The van der Waals surface area contributed by atoms with Crippen molar-refractivity contribution in [3.63, 3.8) is 0 Å². The van der Waals surface area contributed by atoms with E-state index in [4.69, 9.17) is 26.6 Å². The highest BCUT2D eigenvalue weighted by Crippen LogP contribution is 2.19. The molecular weight excluding hydrogens is 545 g/mol. The van der Waals surface area contributed by atoms with Crippen LogP contribution in [0.25, 0.3) is 11.4 Å². The third kappa shape index (κ3) is 12.1. The van der Waals surface area contributed by atoms with Gasteiger partial charge >= 0.3 is 17.6 Å². The molecule has 0 saturated carbocycles. The van der Waals surface area contributed by atoms with Gasteiger partial charge in [-0.25, -0.2) is 0 Å². The summed E-state index contributed by atoms with van der Waals surface area (Å²) in [5.74, 6) is 0.856. The monoisotopic (exact) mass is 592 g/mol. The highest BCUT2D eigenvalue weighted by atomic mass is 28.4. The summed E-state index contributed by atoms with van der Waals surface area (Å²) >= 11 is 0. The molecule has 224 valence electrons. The van der Waals surface area contributed by atoms with E-state index in [2.05, 4.69) is 10.6 Å². The Morgan fingerprint density at radius 1 is 0.600 bits per heavy atom. The minimum atomic E-state index is -2.72. The van der Waals surface area contributed by atoms with E-state index in [1.165, 1.54) is 0 Å². The van der Waals surface area contributed by atoms with Gasteiger partial charge in [0.25, 0.3) is 0 Å². The van der Waals surface area contributed by atoms with Crippen LogP contribution in [0.3, 0.4) is 0 Å². The molecular formula is C28H48N4O6Si2. The van der Waals surface area contributed by atoms with Crippen molar-refractivity contribution >= 4 is 29.0 Å². The van der Waals surface area contributed by atoms with E-state index >= 15 is 0 Å². The molecule has 2 N–H and O–H groups in total. The predicted octanol–water partition coefficient (Wildman–Crippen LogP) is 3.01. The van der Waals surface area contributed by atoms with E-state index in [1.807, 2.05) is 65.8 Å². The van der Waals surface area contributed by atoms with Crippen LogP contribution in [-0.2, 0) is 26.6 Å². The Balaban J connectivity index is 3.08. The van der Waals surface area contributed by atoms with Crippen LogP contribution < -0.4 is 21.1 Å². The number of hydrogen-bond donors (Lipinski definition) is 2. The lowest BCUT2D eigenvalue weighted by molar-refractivity contribution is 0.0701. The molecule has 0 heterocycles. The Labute approximate surface area is 242 Å². The maximum Gasteiger partial charge on any atom is 0.500 e. The van der Waals surface area contributed by atoms with Gasteiger partial charge in [-0.3, -0.25) is 0 Å². The lowest BCUT2D eigenvalue weighted by Gasteiger charge is -2.29. The SMILES string of the molecule is CCO[Si](CCCNC(NCCC[Si](OCC)(OCC)OCC)=c1ccc(=C(C#N)C#N)cc1)(OCC)OCC. The number of benzene rings is 1. The average molecular weight is 593 g/mol. The lowest BCUT2D eigenvalue weighted by atomic mass is 10.2. The number of rotatable bonds is 22. The zero-order valence-corrected chi connectivity index (χ0v) is 27.1. The van der Waals surface area contributed by atoms with Gasteiger partial charge in [-0.05, 0) is 54.4 Å². The molecule has 0 aliphatic heterocycles. The Morgan fingerprint density at radius 3 is 1.23 bits per heavy atom. The van der Waals surface area contributed by atoms with Gasteiger partial charge in [-0.2, -0.15) is 10.5 Å². The lowest BCUT2D eigenvalue weighted by Crippen LogP contribution is -2.46. The van der Waals surface area contributed by atoms with E-state index in [-0.39, 0.29) is 5.57 Å². The second-order valence-corrected chi connectivity index (χ2v) is 14.0. The minimum Gasteiger partial charge on any atom is -0.374 e. The zero-order chi connectivity index (χ0) is 29.7. The first-order valence-electron chi connectivity index (χ1n) is 14.4. The molecule has 0 aromatic heterocycles. The van der Waals surface area contributed by atoms with Crippen LogP contribution >= 0.6 is 0 Å². The molecule has 1 rings (SSSR count). The van der Waals surface area contributed by atoms with Gasteiger partial charge in [-0.15, -0.1) is 0 Å². The second-order valence-electron chi connectivity index (χ2n) is 8.58. The first-order valence-corrected chi connectivity index (χ1v) is 18.2. The van der Waals surface area contributed by atoms with E-state index < -0.39 is 17.6 Å². The summed E-state index contributed by atoms with van der Waals surface area (Å²) in [5, 5.41) is 27.0. The van der Waals surface area contributed by atoms with Gasteiger partial charge in [-0.1, -0.05) is 24.3 Å². The molecule has 12 heteroatoms. The minimum absolute atomic E-state index is 0.0853. The van der Waals surface area contributed by atoms with Crippen LogP contribution in [0.2, 0.25) is 12.1 Å². The van der Waals surface area contributed by atoms with Crippen molar-refractivity contribution in [3.8, 4) is 12.1 Å². The van der Waals surface area contributed by atoms with Crippen LogP contribution in [0.4, 0.5) is 0 Å². The highest BCUT2D eigenvalue weighted by Gasteiger charge is 2.40. The number of nitrogens with zero attached hydrogens (tertiary/aromatic N) is 2. The van der Waals surface area contributed by atoms with E-state index in [1.54, 1.807) is 12.1 Å². The summed E-state index contributed by atoms with van der Waals surface area (Å²) in [7, 11) is -5.44. The van der Waals surface area contributed by atoms with Gasteiger partial charge in [0.05, 0.1) is 0 Å². The molecule has 0 fully saturated rings. The first-order chi connectivity index (χ1) is 19.4. The molecule has 10 nitrogen and oxygen atoms in total. The standard InChI is InChI=1S/C28H48N4O6Si2/c1-7-33-39(34-8-2,35-9-3)21-13-19-31-28(26-17-15-25(16-18-26)27(23-29)24-30)32-20-14-22-40(36-10-4,37-11-5)38-12-6/h15-18,31-32H,7-14,19-22H2,1-6H3. The highest BCUT2D eigenvalue weighted by molar-refractivity contribution is 6.61. The van der Waals surface area contributed by atoms with Crippen LogP contribution in [0, 0.1) is 22.7 Å². The molecule has 0 atom stereocenters. The van der Waals surface area contributed by atoms with Crippen LogP contribution in [-0.4, -0.2) is 70.3 Å². The number of nitrogens with one attached hydrogen (secondary N) is 2. The molecule has 0 saturated heterocycles. The Morgan fingerprint density at radius 2 is 0.925 bits per heavy atom. The third-order valence-electron chi connectivity index (χ3n) is 5.79. The molecule has 0 unspecified atom stereocenters. The predicted molar refractivity (Wildman–Crippen MR) is 160 cm³/mol. The Bertz CT molecular complexity index is 951. The summed E-state index contributed by atoms with van der Waals surface area (Å²) in [6.07, 6.45) is 1.59. The Kier molecular flexibility index (Phi) is 18.4. The van der Waals surface area contributed by atoms with Gasteiger partial charge in [0.2, 0.25) is 0 Å². The molecule has 40 heavy (non-hydrogen) atoms. The van der Waals surface area contributed by atoms with Gasteiger partial charge < -0.3 is 37.2 Å². The number of hydrogen-bond acceptors (Lipinski definition) is 10. The summed E-state index contributed by atoms with van der Waals surface area (Å²) in [4.78, 5) is 0. The maximum absolute atomic E-state index is 9.21. The average Bonchev–Trinajstić information content (AvgIpc) is 2.94. The molecule has 1 aromatic rings. The molecule has 0 bridgehead atoms. The zero-order valence-electron chi connectivity index (χ0n) is 25.1. The van der Waals surface area contributed by atoms with Crippen LogP contribution in [0.1, 0.15) is 54.4 Å². The molecule has 0 aliphatic carbocycles. The van der Waals surface area contributed by atoms with E-state index in [0.717, 1.165) is 23.9 Å². The topological polar surface area (TPSA) is 127 Å². The van der Waals surface area contributed by atoms with Crippen molar-refractivity contribution in [2.75, 3.05) is 52.7 Å². The molecule has 0 radical (unpaired) electrons. The molecule has 0 spiro atoms.